The Kier molecular flexibility index (Phi) is 3.97. The first-order chi connectivity index (χ1) is 8.24. The number of aromatic hydroxyl groups is 1. The van der Waals surface area contributed by atoms with Crippen LogP contribution in [0.25, 0.3) is 0 Å². The van der Waals surface area contributed by atoms with Crippen molar-refractivity contribution in [2.45, 2.75) is 19.3 Å². The molecule has 0 fully saturated rings. The second-order valence-corrected chi connectivity index (χ2v) is 4.34. The van der Waals surface area contributed by atoms with Gasteiger partial charge in [0.15, 0.2) is 11.5 Å². The zero-order valence-electron chi connectivity index (χ0n) is 9.54. The number of benzene rings is 1. The number of phenols is 1. The van der Waals surface area contributed by atoms with Crippen molar-refractivity contribution < 1.29 is 14.6 Å². The van der Waals surface area contributed by atoms with Crippen LogP contribution in [0, 0.1) is 0 Å². The minimum absolute atomic E-state index is 0.0404. The number of ether oxygens (including phenoxy) is 2. The minimum atomic E-state index is 0.0404. The highest BCUT2D eigenvalue weighted by Crippen LogP contribution is 2.43. The third-order valence-electron chi connectivity index (χ3n) is 2.72. The molecule has 0 saturated carbocycles. The molecule has 0 spiro atoms. The zero-order chi connectivity index (χ0) is 12.3. The molecule has 0 aliphatic carbocycles. The van der Waals surface area contributed by atoms with Crippen molar-refractivity contribution in [2.75, 3.05) is 19.8 Å². The van der Waals surface area contributed by atoms with Gasteiger partial charge in [-0.15, -0.1) is 0 Å². The van der Waals surface area contributed by atoms with Crippen molar-refractivity contribution in [3.05, 3.63) is 16.7 Å². The first-order valence-electron chi connectivity index (χ1n) is 5.74. The molecule has 0 aromatic heterocycles. The molecule has 5 heteroatoms. The molecule has 94 valence electrons. The third-order valence-corrected chi connectivity index (χ3v) is 3.15. The normalized spacial score (nSPS) is 13.8. The Bertz CT molecular complexity index is 409. The Morgan fingerprint density at radius 1 is 1.29 bits per heavy atom. The highest BCUT2D eigenvalue weighted by atomic mass is 35.5. The summed E-state index contributed by atoms with van der Waals surface area (Å²) in [6.45, 7) is 1.66. The smallest absolute Gasteiger partial charge is 0.166 e. The SMILES string of the molecule is NCCCCc1c(Cl)c(O)cc2c1OCCO2. The summed E-state index contributed by atoms with van der Waals surface area (Å²) in [7, 11) is 0. The molecular formula is C12H16ClNO3. The number of unbranched alkanes of at least 4 members (excludes halogenated alkanes) is 1. The van der Waals surface area contributed by atoms with E-state index in [1.807, 2.05) is 0 Å². The van der Waals surface area contributed by atoms with Crippen LogP contribution in [0.1, 0.15) is 18.4 Å². The second-order valence-electron chi connectivity index (χ2n) is 3.96. The Balaban J connectivity index is 2.30. The first kappa shape index (κ1) is 12.3. The van der Waals surface area contributed by atoms with Crippen LogP contribution in [0.5, 0.6) is 17.2 Å². The third kappa shape index (κ3) is 2.58. The number of hydrogen-bond acceptors (Lipinski definition) is 4. The highest BCUT2D eigenvalue weighted by Gasteiger charge is 2.21. The molecule has 0 radical (unpaired) electrons. The van der Waals surface area contributed by atoms with Gasteiger partial charge in [0, 0.05) is 11.6 Å². The van der Waals surface area contributed by atoms with E-state index in [0.29, 0.717) is 36.3 Å². The minimum Gasteiger partial charge on any atom is -0.506 e. The zero-order valence-corrected chi connectivity index (χ0v) is 10.3. The van der Waals surface area contributed by atoms with Crippen LogP contribution < -0.4 is 15.2 Å². The summed E-state index contributed by atoms with van der Waals surface area (Å²) in [6.07, 6.45) is 2.56. The monoisotopic (exact) mass is 257 g/mol. The van der Waals surface area contributed by atoms with Crippen LogP contribution in [0.3, 0.4) is 0 Å². The van der Waals surface area contributed by atoms with Gasteiger partial charge in [-0.1, -0.05) is 11.6 Å². The molecule has 0 atom stereocenters. The van der Waals surface area contributed by atoms with Crippen molar-refractivity contribution in [1.29, 1.82) is 0 Å². The van der Waals surface area contributed by atoms with Crippen LogP contribution in [0.4, 0.5) is 0 Å². The molecule has 1 aliphatic rings. The number of rotatable bonds is 4. The van der Waals surface area contributed by atoms with Gasteiger partial charge in [-0.2, -0.15) is 0 Å². The molecule has 17 heavy (non-hydrogen) atoms. The van der Waals surface area contributed by atoms with E-state index in [4.69, 9.17) is 26.8 Å². The molecule has 0 amide bonds. The topological polar surface area (TPSA) is 64.7 Å². The second kappa shape index (κ2) is 5.47. The van der Waals surface area contributed by atoms with E-state index in [1.165, 1.54) is 6.07 Å². The summed E-state index contributed by atoms with van der Waals surface area (Å²) in [5.41, 5.74) is 6.27. The van der Waals surface area contributed by atoms with E-state index in [9.17, 15) is 5.11 Å². The fraction of sp³-hybridized carbons (Fsp3) is 0.500. The summed E-state index contributed by atoms with van der Waals surface area (Å²) in [4.78, 5) is 0. The van der Waals surface area contributed by atoms with Gasteiger partial charge < -0.3 is 20.3 Å². The van der Waals surface area contributed by atoms with Gasteiger partial charge in [0.1, 0.15) is 19.0 Å². The lowest BCUT2D eigenvalue weighted by Crippen LogP contribution is -2.17. The average Bonchev–Trinajstić information content (AvgIpc) is 2.34. The summed E-state index contributed by atoms with van der Waals surface area (Å²) in [5, 5.41) is 10.1. The molecule has 1 aromatic carbocycles. The average molecular weight is 258 g/mol. The summed E-state index contributed by atoms with van der Waals surface area (Å²) in [5.74, 6) is 1.27. The predicted octanol–water partition coefficient (Wildman–Crippen LogP) is 2.10. The number of fused-ring (bicyclic) bond motifs is 1. The van der Waals surface area contributed by atoms with Crippen molar-refractivity contribution >= 4 is 11.6 Å². The van der Waals surface area contributed by atoms with E-state index >= 15 is 0 Å². The van der Waals surface area contributed by atoms with Gasteiger partial charge in [0.05, 0.1) is 5.02 Å². The lowest BCUT2D eigenvalue weighted by atomic mass is 10.1. The predicted molar refractivity (Wildman–Crippen MR) is 66.1 cm³/mol. The van der Waals surface area contributed by atoms with Gasteiger partial charge in [-0.25, -0.2) is 0 Å². The summed E-state index contributed by atoms with van der Waals surface area (Å²) >= 11 is 6.09. The van der Waals surface area contributed by atoms with E-state index in [0.717, 1.165) is 24.8 Å². The van der Waals surface area contributed by atoms with Crippen LogP contribution in [0.2, 0.25) is 5.02 Å². The number of nitrogens with two attached hydrogens (primary N) is 1. The number of halogens is 1. The molecule has 0 saturated heterocycles. The summed E-state index contributed by atoms with van der Waals surface area (Å²) in [6, 6.07) is 1.50. The largest absolute Gasteiger partial charge is 0.506 e. The maximum absolute atomic E-state index is 9.72. The number of phenolic OH excluding ortho intramolecular Hbond substituents is 1. The van der Waals surface area contributed by atoms with Gasteiger partial charge >= 0.3 is 0 Å². The fourth-order valence-electron chi connectivity index (χ4n) is 1.89. The van der Waals surface area contributed by atoms with E-state index in [-0.39, 0.29) is 5.75 Å². The van der Waals surface area contributed by atoms with Crippen molar-refractivity contribution in [3.8, 4) is 17.2 Å². The van der Waals surface area contributed by atoms with Crippen molar-refractivity contribution in [1.82, 2.24) is 0 Å². The maximum atomic E-state index is 9.72. The summed E-state index contributed by atoms with van der Waals surface area (Å²) < 4.78 is 11.0. The molecule has 1 aliphatic heterocycles. The van der Waals surface area contributed by atoms with Gasteiger partial charge in [-0.3, -0.25) is 0 Å². The molecule has 4 nitrogen and oxygen atoms in total. The number of hydrogen-bond donors (Lipinski definition) is 2. The molecule has 1 aromatic rings. The Hall–Kier alpha value is -1.13. The Morgan fingerprint density at radius 2 is 2.06 bits per heavy atom. The maximum Gasteiger partial charge on any atom is 0.166 e. The fourth-order valence-corrected chi connectivity index (χ4v) is 2.12. The van der Waals surface area contributed by atoms with Gasteiger partial charge in [0.25, 0.3) is 0 Å². The van der Waals surface area contributed by atoms with Gasteiger partial charge in [0.2, 0.25) is 0 Å². The lowest BCUT2D eigenvalue weighted by molar-refractivity contribution is 0.169. The molecule has 2 rings (SSSR count). The molecular weight excluding hydrogens is 242 g/mol. The first-order valence-corrected chi connectivity index (χ1v) is 6.12. The van der Waals surface area contributed by atoms with E-state index in [1.54, 1.807) is 0 Å². The molecule has 0 unspecified atom stereocenters. The molecule has 3 N–H and O–H groups in total. The van der Waals surface area contributed by atoms with Crippen LogP contribution in [-0.4, -0.2) is 24.9 Å². The van der Waals surface area contributed by atoms with Crippen molar-refractivity contribution in [2.24, 2.45) is 5.73 Å². The lowest BCUT2D eigenvalue weighted by Gasteiger charge is -2.22. The Morgan fingerprint density at radius 3 is 2.82 bits per heavy atom. The molecule has 1 heterocycles. The quantitative estimate of drug-likeness (QED) is 0.811. The van der Waals surface area contributed by atoms with Crippen LogP contribution in [-0.2, 0) is 6.42 Å². The van der Waals surface area contributed by atoms with Gasteiger partial charge in [-0.05, 0) is 25.8 Å². The van der Waals surface area contributed by atoms with Crippen LogP contribution >= 0.6 is 11.6 Å². The highest BCUT2D eigenvalue weighted by molar-refractivity contribution is 6.33. The van der Waals surface area contributed by atoms with Crippen molar-refractivity contribution in [3.63, 3.8) is 0 Å². The Labute approximate surface area is 105 Å². The van der Waals surface area contributed by atoms with E-state index < -0.39 is 0 Å². The van der Waals surface area contributed by atoms with Crippen LogP contribution in [0.15, 0.2) is 6.07 Å². The molecule has 0 bridgehead atoms. The van der Waals surface area contributed by atoms with E-state index in [2.05, 4.69) is 0 Å². The standard InChI is InChI=1S/C12H16ClNO3/c13-11-8(3-1-2-4-14)12-10(7-9(11)15)16-5-6-17-12/h7,15H,1-6,14H2.